The van der Waals surface area contributed by atoms with Crippen LogP contribution in [0.2, 0.25) is 4.34 Å². The molecule has 2 aromatic rings. The lowest BCUT2D eigenvalue weighted by molar-refractivity contribution is -0.115. The van der Waals surface area contributed by atoms with Gasteiger partial charge in [-0.05, 0) is 31.2 Å². The molecular weight excluding hydrogens is 254 g/mol. The van der Waals surface area contributed by atoms with Crippen molar-refractivity contribution in [3.05, 3.63) is 51.2 Å². The molecule has 17 heavy (non-hydrogen) atoms. The van der Waals surface area contributed by atoms with Gasteiger partial charge in [-0.15, -0.1) is 11.3 Å². The average Bonchev–Trinajstić information content (AvgIpc) is 2.67. The molecular formula is C13H12ClNOS. The van der Waals surface area contributed by atoms with Crippen molar-refractivity contribution in [1.82, 2.24) is 0 Å². The van der Waals surface area contributed by atoms with Crippen molar-refractivity contribution in [3.8, 4) is 0 Å². The molecule has 0 spiro atoms. The van der Waals surface area contributed by atoms with Gasteiger partial charge in [0.15, 0.2) is 0 Å². The quantitative estimate of drug-likeness (QED) is 0.896. The average molecular weight is 266 g/mol. The van der Waals surface area contributed by atoms with E-state index in [0.29, 0.717) is 10.8 Å². The molecule has 0 unspecified atom stereocenters. The predicted octanol–water partition coefficient (Wildman–Crippen LogP) is 3.89. The summed E-state index contributed by atoms with van der Waals surface area (Å²) in [5, 5.41) is 2.85. The van der Waals surface area contributed by atoms with E-state index in [1.165, 1.54) is 16.9 Å². The third kappa shape index (κ3) is 3.58. The molecule has 0 fully saturated rings. The standard InChI is InChI=1S/C13H12ClNOS/c1-9-2-4-10(5-3-9)15-13(16)8-11-6-7-12(14)17-11/h2-7H,8H2,1H3,(H,15,16). The van der Waals surface area contributed by atoms with Gasteiger partial charge >= 0.3 is 0 Å². The van der Waals surface area contributed by atoms with Crippen LogP contribution in [0.25, 0.3) is 0 Å². The van der Waals surface area contributed by atoms with Gasteiger partial charge < -0.3 is 5.32 Å². The van der Waals surface area contributed by atoms with Crippen LogP contribution in [0.4, 0.5) is 5.69 Å². The van der Waals surface area contributed by atoms with Crippen LogP contribution in [0.5, 0.6) is 0 Å². The Balaban J connectivity index is 1.95. The highest BCUT2D eigenvalue weighted by Gasteiger charge is 2.06. The smallest absolute Gasteiger partial charge is 0.229 e. The Labute approximate surface area is 109 Å². The molecule has 0 atom stereocenters. The normalized spacial score (nSPS) is 10.2. The fourth-order valence-electron chi connectivity index (χ4n) is 1.45. The number of carbonyl (C=O) groups is 1. The Morgan fingerprint density at radius 3 is 2.53 bits per heavy atom. The number of hydrogen-bond donors (Lipinski definition) is 1. The highest BCUT2D eigenvalue weighted by molar-refractivity contribution is 7.16. The number of rotatable bonds is 3. The summed E-state index contributed by atoms with van der Waals surface area (Å²) in [6.07, 6.45) is 0.366. The Morgan fingerprint density at radius 1 is 1.24 bits per heavy atom. The minimum atomic E-state index is -0.0210. The topological polar surface area (TPSA) is 29.1 Å². The molecule has 0 bridgehead atoms. The lowest BCUT2D eigenvalue weighted by atomic mass is 10.2. The molecule has 1 aromatic carbocycles. The van der Waals surface area contributed by atoms with E-state index >= 15 is 0 Å². The summed E-state index contributed by atoms with van der Waals surface area (Å²) in [5.74, 6) is -0.0210. The van der Waals surface area contributed by atoms with Crippen molar-refractivity contribution >= 4 is 34.5 Å². The summed E-state index contributed by atoms with van der Waals surface area (Å²) in [5.41, 5.74) is 2.00. The maximum atomic E-state index is 11.7. The van der Waals surface area contributed by atoms with Gasteiger partial charge in [-0.25, -0.2) is 0 Å². The van der Waals surface area contributed by atoms with Crippen molar-refractivity contribution < 1.29 is 4.79 Å². The monoisotopic (exact) mass is 265 g/mol. The largest absolute Gasteiger partial charge is 0.326 e. The molecule has 88 valence electrons. The first-order valence-corrected chi connectivity index (χ1v) is 6.43. The third-order valence-electron chi connectivity index (χ3n) is 2.30. The van der Waals surface area contributed by atoms with E-state index in [0.717, 1.165) is 10.6 Å². The minimum absolute atomic E-state index is 0.0210. The van der Waals surface area contributed by atoms with Crippen molar-refractivity contribution in [1.29, 1.82) is 0 Å². The fraction of sp³-hybridized carbons (Fsp3) is 0.154. The number of amides is 1. The van der Waals surface area contributed by atoms with E-state index in [4.69, 9.17) is 11.6 Å². The highest BCUT2D eigenvalue weighted by atomic mass is 35.5. The summed E-state index contributed by atoms with van der Waals surface area (Å²) < 4.78 is 0.711. The van der Waals surface area contributed by atoms with Crippen molar-refractivity contribution in [2.24, 2.45) is 0 Å². The van der Waals surface area contributed by atoms with Crippen LogP contribution in [0.15, 0.2) is 36.4 Å². The van der Waals surface area contributed by atoms with E-state index in [2.05, 4.69) is 5.32 Å². The summed E-state index contributed by atoms with van der Waals surface area (Å²) >= 11 is 7.24. The van der Waals surface area contributed by atoms with Crippen LogP contribution in [-0.2, 0) is 11.2 Å². The number of aryl methyl sites for hydroxylation is 1. The van der Waals surface area contributed by atoms with Gasteiger partial charge in [-0.3, -0.25) is 4.79 Å². The second kappa shape index (κ2) is 5.34. The third-order valence-corrected chi connectivity index (χ3v) is 3.53. The zero-order chi connectivity index (χ0) is 12.3. The minimum Gasteiger partial charge on any atom is -0.326 e. The Bertz CT molecular complexity index is 518. The molecule has 4 heteroatoms. The maximum Gasteiger partial charge on any atom is 0.229 e. The number of benzene rings is 1. The van der Waals surface area contributed by atoms with E-state index < -0.39 is 0 Å². The zero-order valence-electron chi connectivity index (χ0n) is 9.37. The van der Waals surface area contributed by atoms with E-state index in [1.807, 2.05) is 37.3 Å². The molecule has 0 aliphatic heterocycles. The first kappa shape index (κ1) is 12.1. The lowest BCUT2D eigenvalue weighted by Crippen LogP contribution is -2.13. The van der Waals surface area contributed by atoms with Crippen molar-refractivity contribution in [2.75, 3.05) is 5.32 Å². The molecule has 1 N–H and O–H groups in total. The molecule has 1 amide bonds. The van der Waals surface area contributed by atoms with Crippen LogP contribution in [0.1, 0.15) is 10.4 Å². The van der Waals surface area contributed by atoms with Crippen LogP contribution in [-0.4, -0.2) is 5.91 Å². The molecule has 0 radical (unpaired) electrons. The van der Waals surface area contributed by atoms with Crippen LogP contribution < -0.4 is 5.32 Å². The molecule has 0 aliphatic rings. The summed E-state index contributed by atoms with van der Waals surface area (Å²) in [7, 11) is 0. The van der Waals surface area contributed by atoms with E-state index in [1.54, 1.807) is 6.07 Å². The first-order chi connectivity index (χ1) is 8.13. The zero-order valence-corrected chi connectivity index (χ0v) is 10.9. The number of hydrogen-bond acceptors (Lipinski definition) is 2. The number of nitrogens with one attached hydrogen (secondary N) is 1. The molecule has 2 nitrogen and oxygen atoms in total. The van der Waals surface area contributed by atoms with Gasteiger partial charge in [0.1, 0.15) is 0 Å². The van der Waals surface area contributed by atoms with Gasteiger partial charge in [0.25, 0.3) is 0 Å². The van der Waals surface area contributed by atoms with Gasteiger partial charge in [0.05, 0.1) is 10.8 Å². The van der Waals surface area contributed by atoms with Crippen LogP contribution >= 0.6 is 22.9 Å². The SMILES string of the molecule is Cc1ccc(NC(=O)Cc2ccc(Cl)s2)cc1. The number of carbonyl (C=O) groups excluding carboxylic acids is 1. The molecule has 0 saturated heterocycles. The number of anilines is 1. The molecule has 1 aromatic heterocycles. The van der Waals surface area contributed by atoms with Gasteiger partial charge in [0.2, 0.25) is 5.91 Å². The van der Waals surface area contributed by atoms with Crippen molar-refractivity contribution in [3.63, 3.8) is 0 Å². The second-order valence-electron chi connectivity index (χ2n) is 3.80. The summed E-state index contributed by atoms with van der Waals surface area (Å²) in [6, 6.07) is 11.4. The molecule has 0 aliphatic carbocycles. The Hall–Kier alpha value is -1.32. The van der Waals surface area contributed by atoms with Gasteiger partial charge in [-0.1, -0.05) is 29.3 Å². The lowest BCUT2D eigenvalue weighted by Gasteiger charge is -2.04. The molecule has 2 rings (SSSR count). The maximum absolute atomic E-state index is 11.7. The Morgan fingerprint density at radius 2 is 1.94 bits per heavy atom. The van der Waals surface area contributed by atoms with Gasteiger partial charge in [-0.2, -0.15) is 0 Å². The predicted molar refractivity (Wildman–Crippen MR) is 72.8 cm³/mol. The highest BCUT2D eigenvalue weighted by Crippen LogP contribution is 2.22. The van der Waals surface area contributed by atoms with E-state index in [9.17, 15) is 4.79 Å². The number of thiophene rings is 1. The van der Waals surface area contributed by atoms with E-state index in [-0.39, 0.29) is 5.91 Å². The van der Waals surface area contributed by atoms with Crippen LogP contribution in [0.3, 0.4) is 0 Å². The molecule has 1 heterocycles. The fourth-order valence-corrected chi connectivity index (χ4v) is 2.53. The van der Waals surface area contributed by atoms with Gasteiger partial charge in [0, 0.05) is 10.6 Å². The Kier molecular flexibility index (Phi) is 3.82. The summed E-state index contributed by atoms with van der Waals surface area (Å²) in [4.78, 5) is 12.7. The number of halogens is 1. The first-order valence-electron chi connectivity index (χ1n) is 5.24. The van der Waals surface area contributed by atoms with Crippen LogP contribution in [0, 0.1) is 6.92 Å². The van der Waals surface area contributed by atoms with Crippen molar-refractivity contribution in [2.45, 2.75) is 13.3 Å². The molecule has 0 saturated carbocycles. The second-order valence-corrected chi connectivity index (χ2v) is 5.60. The summed E-state index contributed by atoms with van der Waals surface area (Å²) in [6.45, 7) is 2.01.